The van der Waals surface area contributed by atoms with Crippen molar-refractivity contribution in [2.45, 2.75) is 45.3 Å². The molecule has 2 saturated carbocycles. The molecule has 5 rings (SSSR count). The Morgan fingerprint density at radius 1 is 1.25 bits per heavy atom. The van der Waals surface area contributed by atoms with Gasteiger partial charge in [0.15, 0.2) is 5.78 Å². The van der Waals surface area contributed by atoms with Crippen LogP contribution in [-0.4, -0.2) is 29.7 Å². The van der Waals surface area contributed by atoms with Gasteiger partial charge in [0, 0.05) is 17.3 Å². The number of hydrogen-bond donors (Lipinski definition) is 1. The molecule has 0 aromatic rings. The van der Waals surface area contributed by atoms with Gasteiger partial charge in [-0.25, -0.2) is 0 Å². The van der Waals surface area contributed by atoms with Gasteiger partial charge in [0.05, 0.1) is 18.8 Å². The van der Waals surface area contributed by atoms with E-state index in [2.05, 4.69) is 32.1 Å². The van der Waals surface area contributed by atoms with E-state index >= 15 is 0 Å². The number of hydrogen-bond acceptors (Lipinski definition) is 3. The SMILES string of the molecule is C[C@]12C[C@H](O)[C@H]3[C@@H](CCC4=CC(=O)C=C[C@@]43C)[C@@H]1C=C[C@@H]2[C@H]1CO1. The summed E-state index contributed by atoms with van der Waals surface area (Å²) in [5, 5.41) is 11.2. The molecule has 3 fully saturated rings. The van der Waals surface area contributed by atoms with Crippen LogP contribution in [0.5, 0.6) is 0 Å². The molecule has 1 saturated heterocycles. The minimum Gasteiger partial charge on any atom is -0.393 e. The molecule has 0 bridgehead atoms. The maximum atomic E-state index is 11.8. The summed E-state index contributed by atoms with van der Waals surface area (Å²) in [6, 6.07) is 0. The van der Waals surface area contributed by atoms with Crippen molar-refractivity contribution in [2.24, 2.45) is 34.5 Å². The molecule has 1 heterocycles. The summed E-state index contributed by atoms with van der Waals surface area (Å²) < 4.78 is 5.60. The zero-order chi connectivity index (χ0) is 16.7. The average molecular weight is 326 g/mol. The highest BCUT2D eigenvalue weighted by molar-refractivity contribution is 6.01. The molecule has 128 valence electrons. The van der Waals surface area contributed by atoms with E-state index < -0.39 is 0 Å². The molecule has 0 amide bonds. The summed E-state index contributed by atoms with van der Waals surface area (Å²) in [4.78, 5) is 11.8. The van der Waals surface area contributed by atoms with Crippen molar-refractivity contribution in [3.63, 3.8) is 0 Å². The molecule has 3 heteroatoms. The van der Waals surface area contributed by atoms with Gasteiger partial charge in [-0.05, 0) is 48.7 Å². The van der Waals surface area contributed by atoms with Gasteiger partial charge in [-0.1, -0.05) is 37.6 Å². The quantitative estimate of drug-likeness (QED) is 0.595. The lowest BCUT2D eigenvalue weighted by Crippen LogP contribution is -2.56. The molecule has 4 aliphatic carbocycles. The summed E-state index contributed by atoms with van der Waals surface area (Å²) in [5.41, 5.74) is 1.18. The first-order valence-corrected chi connectivity index (χ1v) is 9.36. The maximum absolute atomic E-state index is 11.8. The molecule has 8 atom stereocenters. The Balaban J connectivity index is 1.54. The monoisotopic (exact) mass is 326 g/mol. The van der Waals surface area contributed by atoms with Crippen LogP contribution < -0.4 is 0 Å². The number of ether oxygens (including phenoxy) is 1. The second-order valence-electron chi connectivity index (χ2n) is 9.00. The molecular formula is C21H26O3. The van der Waals surface area contributed by atoms with E-state index in [9.17, 15) is 9.90 Å². The summed E-state index contributed by atoms with van der Waals surface area (Å²) in [5.74, 6) is 1.76. The van der Waals surface area contributed by atoms with E-state index in [-0.39, 0.29) is 28.6 Å². The minimum absolute atomic E-state index is 0.0998. The van der Waals surface area contributed by atoms with E-state index in [0.29, 0.717) is 23.9 Å². The lowest BCUT2D eigenvalue weighted by Gasteiger charge is -2.58. The van der Waals surface area contributed by atoms with Crippen LogP contribution in [0.3, 0.4) is 0 Å². The molecule has 24 heavy (non-hydrogen) atoms. The van der Waals surface area contributed by atoms with Crippen LogP contribution in [0.15, 0.2) is 36.0 Å². The van der Waals surface area contributed by atoms with Crippen LogP contribution in [0.1, 0.15) is 33.1 Å². The molecule has 0 radical (unpaired) electrons. The smallest absolute Gasteiger partial charge is 0.178 e. The van der Waals surface area contributed by atoms with Crippen molar-refractivity contribution in [3.8, 4) is 0 Å². The second-order valence-corrected chi connectivity index (χ2v) is 9.00. The van der Waals surface area contributed by atoms with Gasteiger partial charge in [0.2, 0.25) is 0 Å². The number of allylic oxidation sites excluding steroid dienone is 5. The number of fused-ring (bicyclic) bond motifs is 5. The van der Waals surface area contributed by atoms with E-state index in [4.69, 9.17) is 4.74 Å². The molecule has 0 spiro atoms. The van der Waals surface area contributed by atoms with Crippen LogP contribution in [0.25, 0.3) is 0 Å². The third-order valence-corrected chi connectivity index (χ3v) is 7.84. The van der Waals surface area contributed by atoms with E-state index in [0.717, 1.165) is 25.9 Å². The van der Waals surface area contributed by atoms with Crippen molar-refractivity contribution in [2.75, 3.05) is 6.61 Å². The van der Waals surface area contributed by atoms with Crippen LogP contribution in [0.4, 0.5) is 0 Å². The molecule has 3 nitrogen and oxygen atoms in total. The Bertz CT molecular complexity index is 685. The van der Waals surface area contributed by atoms with Crippen molar-refractivity contribution in [1.82, 2.24) is 0 Å². The van der Waals surface area contributed by atoms with Gasteiger partial charge in [-0.2, -0.15) is 0 Å². The Kier molecular flexibility index (Phi) is 2.96. The Hall–Kier alpha value is -1.19. The number of rotatable bonds is 1. The molecule has 1 N–H and O–H groups in total. The fraction of sp³-hybridized carbons (Fsp3) is 0.667. The van der Waals surface area contributed by atoms with Crippen LogP contribution >= 0.6 is 0 Å². The standard InChI is InChI=1S/C21H26O3/c1-20-8-7-13(22)9-12(20)3-4-14-15-5-6-16(18-11-24-18)21(15,2)10-17(23)19(14)20/h5-9,14-19,23H,3-4,10-11H2,1-2H3/t14-,15-,16+,17-,18+,19+,20-,21-/m0/s1. The van der Waals surface area contributed by atoms with E-state index in [1.165, 1.54) is 5.57 Å². The molecule has 1 aliphatic heterocycles. The topological polar surface area (TPSA) is 49.8 Å². The van der Waals surface area contributed by atoms with Crippen LogP contribution in [0, 0.1) is 34.5 Å². The van der Waals surface area contributed by atoms with E-state index in [1.807, 2.05) is 6.08 Å². The lowest BCUT2D eigenvalue weighted by molar-refractivity contribution is -0.115. The first-order valence-electron chi connectivity index (χ1n) is 9.36. The number of epoxide rings is 1. The van der Waals surface area contributed by atoms with E-state index in [1.54, 1.807) is 6.08 Å². The van der Waals surface area contributed by atoms with Crippen LogP contribution in [-0.2, 0) is 9.53 Å². The number of carbonyl (C=O) groups excluding carboxylic acids is 1. The van der Waals surface area contributed by atoms with Gasteiger partial charge >= 0.3 is 0 Å². The largest absolute Gasteiger partial charge is 0.393 e. The highest BCUT2D eigenvalue weighted by atomic mass is 16.6. The van der Waals surface area contributed by atoms with Gasteiger partial charge in [-0.3, -0.25) is 4.79 Å². The van der Waals surface area contributed by atoms with Gasteiger partial charge < -0.3 is 9.84 Å². The predicted molar refractivity (Wildman–Crippen MR) is 91.1 cm³/mol. The zero-order valence-corrected chi connectivity index (χ0v) is 14.4. The fourth-order valence-electron chi connectivity index (χ4n) is 6.63. The predicted octanol–water partition coefficient (Wildman–Crippen LogP) is 3.06. The lowest BCUT2D eigenvalue weighted by atomic mass is 9.46. The highest BCUT2D eigenvalue weighted by Crippen LogP contribution is 2.65. The summed E-state index contributed by atoms with van der Waals surface area (Å²) >= 11 is 0. The Morgan fingerprint density at radius 3 is 2.75 bits per heavy atom. The molecule has 0 aromatic carbocycles. The van der Waals surface area contributed by atoms with Crippen molar-refractivity contribution >= 4 is 5.78 Å². The summed E-state index contributed by atoms with van der Waals surface area (Å²) in [7, 11) is 0. The Labute approximate surface area is 143 Å². The zero-order valence-electron chi connectivity index (χ0n) is 14.4. The summed E-state index contributed by atoms with van der Waals surface area (Å²) in [6.45, 7) is 5.46. The number of aliphatic hydroxyl groups is 1. The van der Waals surface area contributed by atoms with Crippen molar-refractivity contribution in [1.29, 1.82) is 0 Å². The molecular weight excluding hydrogens is 300 g/mol. The molecule has 5 aliphatic rings. The van der Waals surface area contributed by atoms with Crippen LogP contribution in [0.2, 0.25) is 0 Å². The third kappa shape index (κ3) is 1.83. The number of carbonyl (C=O) groups is 1. The summed E-state index contributed by atoms with van der Waals surface area (Å²) in [6.07, 6.45) is 13.3. The number of aliphatic hydroxyl groups excluding tert-OH is 1. The Morgan fingerprint density at radius 2 is 2.00 bits per heavy atom. The van der Waals surface area contributed by atoms with Gasteiger partial charge in [0.25, 0.3) is 0 Å². The molecule has 0 aromatic heterocycles. The molecule has 0 unspecified atom stereocenters. The third-order valence-electron chi connectivity index (χ3n) is 7.84. The highest BCUT2D eigenvalue weighted by Gasteiger charge is 2.62. The maximum Gasteiger partial charge on any atom is 0.178 e. The average Bonchev–Trinajstić information content (AvgIpc) is 3.30. The van der Waals surface area contributed by atoms with Gasteiger partial charge in [0.1, 0.15) is 0 Å². The first-order chi connectivity index (χ1) is 11.4. The first kappa shape index (κ1) is 15.1. The van der Waals surface area contributed by atoms with Gasteiger partial charge in [-0.15, -0.1) is 0 Å². The van der Waals surface area contributed by atoms with Crippen molar-refractivity contribution in [3.05, 3.63) is 36.0 Å². The normalized spacial score (nSPS) is 54.8. The van der Waals surface area contributed by atoms with Crippen molar-refractivity contribution < 1.29 is 14.6 Å². The fourth-order valence-corrected chi connectivity index (χ4v) is 6.63. The number of ketones is 1. The minimum atomic E-state index is -0.316. The second kappa shape index (κ2) is 4.70.